The molecule has 0 aliphatic heterocycles. The number of anilines is 1. The van der Waals surface area contributed by atoms with Gasteiger partial charge in [0.25, 0.3) is 10.0 Å². The Bertz CT molecular complexity index is 925. The SMILES string of the molecule is Cc1ccc(S(=O)(=O)Nc2cccc(S(N)(=O)=O)c2)c(Br)c1. The molecular formula is C13H13BrN2O4S2. The molecule has 2 rings (SSSR count). The fraction of sp³-hybridized carbons (Fsp3) is 0.0769. The maximum atomic E-state index is 12.4. The highest BCUT2D eigenvalue weighted by molar-refractivity contribution is 9.10. The third-order valence-corrected chi connectivity index (χ3v) is 6.06. The van der Waals surface area contributed by atoms with E-state index in [0.29, 0.717) is 4.47 Å². The van der Waals surface area contributed by atoms with Crippen LogP contribution in [0.15, 0.2) is 56.7 Å². The van der Waals surface area contributed by atoms with Crippen LogP contribution in [0.5, 0.6) is 0 Å². The predicted octanol–water partition coefficient (Wildman–Crippen LogP) is 2.21. The Kier molecular flexibility index (Phi) is 4.62. The van der Waals surface area contributed by atoms with Crippen LogP contribution in [0.4, 0.5) is 5.69 Å². The van der Waals surface area contributed by atoms with E-state index in [9.17, 15) is 16.8 Å². The zero-order valence-corrected chi connectivity index (χ0v) is 14.7. The number of aryl methyl sites for hydroxylation is 1. The van der Waals surface area contributed by atoms with E-state index in [1.165, 1.54) is 24.3 Å². The first-order valence-electron chi connectivity index (χ1n) is 6.01. The zero-order chi connectivity index (χ0) is 16.5. The summed E-state index contributed by atoms with van der Waals surface area (Å²) >= 11 is 3.21. The van der Waals surface area contributed by atoms with Crippen molar-refractivity contribution in [2.45, 2.75) is 16.7 Å². The average Bonchev–Trinajstić information content (AvgIpc) is 2.36. The molecule has 6 nitrogen and oxygen atoms in total. The van der Waals surface area contributed by atoms with Crippen molar-refractivity contribution in [3.05, 3.63) is 52.5 Å². The molecule has 0 heterocycles. The lowest BCUT2D eigenvalue weighted by atomic mass is 10.2. The molecule has 0 bridgehead atoms. The quantitative estimate of drug-likeness (QED) is 0.813. The summed E-state index contributed by atoms with van der Waals surface area (Å²) in [4.78, 5) is -0.116. The topological polar surface area (TPSA) is 106 Å². The Balaban J connectivity index is 2.41. The summed E-state index contributed by atoms with van der Waals surface area (Å²) in [6.07, 6.45) is 0. The van der Waals surface area contributed by atoms with Gasteiger partial charge < -0.3 is 0 Å². The van der Waals surface area contributed by atoms with E-state index in [-0.39, 0.29) is 15.5 Å². The van der Waals surface area contributed by atoms with Crippen molar-refractivity contribution in [3.63, 3.8) is 0 Å². The first kappa shape index (κ1) is 16.9. The highest BCUT2D eigenvalue weighted by Gasteiger charge is 2.18. The van der Waals surface area contributed by atoms with Gasteiger partial charge in [-0.1, -0.05) is 12.1 Å². The molecule has 0 aliphatic carbocycles. The fourth-order valence-electron chi connectivity index (χ4n) is 1.77. The molecule has 0 saturated heterocycles. The summed E-state index contributed by atoms with van der Waals surface area (Å²) in [6, 6.07) is 10.1. The molecule has 0 amide bonds. The first-order valence-corrected chi connectivity index (χ1v) is 9.84. The number of benzene rings is 2. The van der Waals surface area contributed by atoms with Crippen molar-refractivity contribution >= 4 is 41.7 Å². The van der Waals surface area contributed by atoms with Crippen LogP contribution in [-0.2, 0) is 20.0 Å². The van der Waals surface area contributed by atoms with Crippen molar-refractivity contribution in [2.75, 3.05) is 4.72 Å². The molecule has 0 atom stereocenters. The minimum Gasteiger partial charge on any atom is -0.280 e. The third kappa shape index (κ3) is 3.86. The van der Waals surface area contributed by atoms with Crippen LogP contribution in [-0.4, -0.2) is 16.8 Å². The van der Waals surface area contributed by atoms with E-state index >= 15 is 0 Å². The predicted molar refractivity (Wildman–Crippen MR) is 87.5 cm³/mol. The summed E-state index contributed by atoms with van der Waals surface area (Å²) in [7, 11) is -7.76. The molecule has 0 spiro atoms. The normalized spacial score (nSPS) is 12.1. The summed E-state index contributed by atoms with van der Waals surface area (Å²) in [5.74, 6) is 0. The van der Waals surface area contributed by atoms with Gasteiger partial charge in [-0.25, -0.2) is 22.0 Å². The van der Waals surface area contributed by atoms with Crippen LogP contribution >= 0.6 is 15.9 Å². The van der Waals surface area contributed by atoms with Crippen molar-refractivity contribution in [1.29, 1.82) is 0 Å². The second-order valence-corrected chi connectivity index (χ2v) is 8.68. The Labute approximate surface area is 137 Å². The lowest BCUT2D eigenvalue weighted by Gasteiger charge is -2.11. The molecule has 22 heavy (non-hydrogen) atoms. The van der Waals surface area contributed by atoms with Gasteiger partial charge in [0.05, 0.1) is 10.6 Å². The van der Waals surface area contributed by atoms with Gasteiger partial charge in [0, 0.05) is 4.47 Å². The third-order valence-electron chi connectivity index (χ3n) is 2.79. The van der Waals surface area contributed by atoms with Crippen LogP contribution in [0.1, 0.15) is 5.56 Å². The largest absolute Gasteiger partial charge is 0.280 e. The summed E-state index contributed by atoms with van der Waals surface area (Å²) in [5.41, 5.74) is 1.01. The van der Waals surface area contributed by atoms with E-state index in [4.69, 9.17) is 5.14 Å². The summed E-state index contributed by atoms with van der Waals surface area (Å²) < 4.78 is 50.1. The van der Waals surface area contributed by atoms with Crippen LogP contribution in [0.3, 0.4) is 0 Å². The number of halogens is 1. The van der Waals surface area contributed by atoms with Gasteiger partial charge in [0.2, 0.25) is 10.0 Å². The van der Waals surface area contributed by atoms with Crippen molar-refractivity contribution < 1.29 is 16.8 Å². The monoisotopic (exact) mass is 404 g/mol. The van der Waals surface area contributed by atoms with Crippen molar-refractivity contribution in [1.82, 2.24) is 0 Å². The van der Waals surface area contributed by atoms with Gasteiger partial charge in [0.1, 0.15) is 4.90 Å². The Hall–Kier alpha value is -1.42. The lowest BCUT2D eigenvalue weighted by Crippen LogP contribution is -2.15. The van der Waals surface area contributed by atoms with E-state index in [0.717, 1.165) is 11.6 Å². The van der Waals surface area contributed by atoms with Gasteiger partial charge in [-0.3, -0.25) is 4.72 Å². The fourth-order valence-corrected chi connectivity index (χ4v) is 4.57. The highest BCUT2D eigenvalue weighted by atomic mass is 79.9. The van der Waals surface area contributed by atoms with Crippen LogP contribution in [0.2, 0.25) is 0 Å². The number of rotatable bonds is 4. The average molecular weight is 405 g/mol. The number of nitrogens with one attached hydrogen (secondary N) is 1. The molecule has 2 aromatic rings. The second-order valence-electron chi connectivity index (χ2n) is 4.61. The Morgan fingerprint density at radius 1 is 1.05 bits per heavy atom. The van der Waals surface area contributed by atoms with Gasteiger partial charge in [-0.15, -0.1) is 0 Å². The standard InChI is InChI=1S/C13H13BrN2O4S2/c1-9-5-6-13(12(14)7-9)22(19,20)16-10-3-2-4-11(8-10)21(15,17)18/h2-8,16H,1H3,(H2,15,17,18). The number of primary sulfonamides is 1. The molecule has 0 saturated carbocycles. The molecule has 9 heteroatoms. The minimum atomic E-state index is -3.90. The maximum absolute atomic E-state index is 12.4. The highest BCUT2D eigenvalue weighted by Crippen LogP contribution is 2.25. The van der Waals surface area contributed by atoms with E-state index in [1.54, 1.807) is 12.1 Å². The Morgan fingerprint density at radius 3 is 2.32 bits per heavy atom. The van der Waals surface area contributed by atoms with E-state index in [2.05, 4.69) is 20.7 Å². The van der Waals surface area contributed by atoms with E-state index in [1.807, 2.05) is 6.92 Å². The molecule has 0 fully saturated rings. The number of sulfonamides is 2. The van der Waals surface area contributed by atoms with E-state index < -0.39 is 20.0 Å². The van der Waals surface area contributed by atoms with Crippen molar-refractivity contribution in [2.24, 2.45) is 5.14 Å². The molecule has 0 unspecified atom stereocenters. The van der Waals surface area contributed by atoms with Crippen LogP contribution < -0.4 is 9.86 Å². The van der Waals surface area contributed by atoms with Crippen LogP contribution in [0.25, 0.3) is 0 Å². The number of hydrogen-bond acceptors (Lipinski definition) is 4. The molecule has 3 N–H and O–H groups in total. The lowest BCUT2D eigenvalue weighted by molar-refractivity contribution is 0.596. The summed E-state index contributed by atoms with van der Waals surface area (Å²) in [6.45, 7) is 1.84. The second kappa shape index (κ2) is 5.99. The Morgan fingerprint density at radius 2 is 1.73 bits per heavy atom. The van der Waals surface area contributed by atoms with Gasteiger partial charge in [-0.2, -0.15) is 0 Å². The molecule has 118 valence electrons. The maximum Gasteiger partial charge on any atom is 0.263 e. The van der Waals surface area contributed by atoms with Crippen molar-refractivity contribution in [3.8, 4) is 0 Å². The van der Waals surface area contributed by atoms with Gasteiger partial charge >= 0.3 is 0 Å². The smallest absolute Gasteiger partial charge is 0.263 e. The first-order chi connectivity index (χ1) is 10.1. The molecule has 0 aromatic heterocycles. The van der Waals surface area contributed by atoms with Gasteiger partial charge in [-0.05, 0) is 58.7 Å². The molecule has 2 aromatic carbocycles. The van der Waals surface area contributed by atoms with Crippen LogP contribution in [0, 0.1) is 6.92 Å². The minimum absolute atomic E-state index is 0.0547. The zero-order valence-electron chi connectivity index (χ0n) is 11.4. The number of nitrogens with two attached hydrogens (primary N) is 1. The molecule has 0 aliphatic rings. The molecule has 0 radical (unpaired) electrons. The van der Waals surface area contributed by atoms with Gasteiger partial charge in [0.15, 0.2) is 0 Å². The summed E-state index contributed by atoms with van der Waals surface area (Å²) in [5, 5.41) is 5.03. The number of hydrogen-bond donors (Lipinski definition) is 2. The molecular weight excluding hydrogens is 392 g/mol.